The molecule has 0 heterocycles. The Kier molecular flexibility index (Phi) is 4.26. The number of hydrogen-bond acceptors (Lipinski definition) is 4. The van der Waals surface area contributed by atoms with E-state index in [0.29, 0.717) is 29.5 Å². The van der Waals surface area contributed by atoms with Gasteiger partial charge in [-0.25, -0.2) is 0 Å². The molecule has 2 aromatic carbocycles. The lowest BCUT2D eigenvalue weighted by Crippen LogP contribution is -1.97. The number of benzene rings is 2. The third-order valence-corrected chi connectivity index (χ3v) is 2.63. The van der Waals surface area contributed by atoms with Crippen LogP contribution in [0, 0.1) is 0 Å². The molecular weight excluding hydrogens is 242 g/mol. The maximum Gasteiger partial charge on any atom is 0.145 e. The molecule has 0 spiro atoms. The average Bonchev–Trinajstić information content (AvgIpc) is 2.44. The second-order valence-electron chi connectivity index (χ2n) is 4.04. The van der Waals surface area contributed by atoms with Gasteiger partial charge in [0.2, 0.25) is 0 Å². The van der Waals surface area contributed by atoms with Crippen molar-refractivity contribution in [2.45, 2.75) is 13.5 Å². The maximum atomic E-state index is 8.97. The van der Waals surface area contributed by atoms with E-state index in [-0.39, 0.29) is 6.61 Å². The molecule has 0 aliphatic rings. The lowest BCUT2D eigenvalue weighted by Gasteiger charge is -2.10. The van der Waals surface area contributed by atoms with E-state index in [2.05, 4.69) is 0 Å². The predicted molar refractivity (Wildman–Crippen MR) is 74.5 cm³/mol. The number of anilines is 1. The smallest absolute Gasteiger partial charge is 0.145 e. The Hall–Kier alpha value is -2.20. The summed E-state index contributed by atoms with van der Waals surface area (Å²) in [5.41, 5.74) is 7.23. The molecule has 2 rings (SSSR count). The van der Waals surface area contributed by atoms with Crippen molar-refractivity contribution in [3.63, 3.8) is 0 Å². The van der Waals surface area contributed by atoms with Crippen molar-refractivity contribution in [2.24, 2.45) is 0 Å². The Morgan fingerprint density at radius 3 is 2.37 bits per heavy atom. The van der Waals surface area contributed by atoms with E-state index in [4.69, 9.17) is 20.3 Å². The first-order valence-corrected chi connectivity index (χ1v) is 6.13. The molecule has 19 heavy (non-hydrogen) atoms. The van der Waals surface area contributed by atoms with Crippen LogP contribution in [-0.4, -0.2) is 11.7 Å². The zero-order chi connectivity index (χ0) is 13.7. The minimum atomic E-state index is 0.0244. The van der Waals surface area contributed by atoms with Gasteiger partial charge >= 0.3 is 0 Å². The lowest BCUT2D eigenvalue weighted by molar-refractivity contribution is 0.281. The first-order valence-electron chi connectivity index (χ1n) is 6.13. The van der Waals surface area contributed by atoms with Crippen molar-refractivity contribution in [3.8, 4) is 17.2 Å². The Balaban J connectivity index is 2.15. The fourth-order valence-corrected chi connectivity index (χ4v) is 1.66. The van der Waals surface area contributed by atoms with E-state index in [1.165, 1.54) is 0 Å². The summed E-state index contributed by atoms with van der Waals surface area (Å²) in [6.45, 7) is 2.48. The van der Waals surface area contributed by atoms with E-state index in [0.717, 1.165) is 5.56 Å². The van der Waals surface area contributed by atoms with E-state index in [1.807, 2.05) is 31.2 Å². The third kappa shape index (κ3) is 3.39. The highest BCUT2D eigenvalue weighted by molar-refractivity contribution is 5.56. The SMILES string of the molecule is CCOc1cc(Oc2ccc(CO)cc2)ccc1N. The highest BCUT2D eigenvalue weighted by Gasteiger charge is 2.04. The molecule has 0 unspecified atom stereocenters. The van der Waals surface area contributed by atoms with Gasteiger partial charge in [0, 0.05) is 6.07 Å². The quantitative estimate of drug-likeness (QED) is 0.810. The number of nitrogen functional groups attached to an aromatic ring is 1. The summed E-state index contributed by atoms with van der Waals surface area (Å²) < 4.78 is 11.1. The van der Waals surface area contributed by atoms with Gasteiger partial charge in [0.15, 0.2) is 0 Å². The topological polar surface area (TPSA) is 64.7 Å². The van der Waals surface area contributed by atoms with Crippen molar-refractivity contribution in [1.29, 1.82) is 0 Å². The minimum Gasteiger partial charge on any atom is -0.492 e. The third-order valence-electron chi connectivity index (χ3n) is 2.63. The van der Waals surface area contributed by atoms with Crippen molar-refractivity contribution < 1.29 is 14.6 Å². The van der Waals surface area contributed by atoms with Gasteiger partial charge in [-0.3, -0.25) is 0 Å². The molecule has 0 fully saturated rings. The minimum absolute atomic E-state index is 0.0244. The average molecular weight is 259 g/mol. The van der Waals surface area contributed by atoms with Crippen LogP contribution in [0.2, 0.25) is 0 Å². The Labute approximate surface area is 112 Å². The van der Waals surface area contributed by atoms with Gasteiger partial charge in [-0.2, -0.15) is 0 Å². The van der Waals surface area contributed by atoms with Crippen molar-refractivity contribution in [1.82, 2.24) is 0 Å². The van der Waals surface area contributed by atoms with E-state index < -0.39 is 0 Å². The number of nitrogens with two attached hydrogens (primary N) is 1. The molecule has 4 heteroatoms. The fourth-order valence-electron chi connectivity index (χ4n) is 1.66. The number of hydrogen-bond donors (Lipinski definition) is 2. The van der Waals surface area contributed by atoms with Crippen molar-refractivity contribution in [3.05, 3.63) is 48.0 Å². The van der Waals surface area contributed by atoms with Gasteiger partial charge in [-0.05, 0) is 36.8 Å². The molecule has 0 aliphatic heterocycles. The molecule has 3 N–H and O–H groups in total. The summed E-state index contributed by atoms with van der Waals surface area (Å²) in [4.78, 5) is 0. The molecule has 0 radical (unpaired) electrons. The highest BCUT2D eigenvalue weighted by Crippen LogP contribution is 2.30. The molecule has 0 aliphatic carbocycles. The van der Waals surface area contributed by atoms with E-state index >= 15 is 0 Å². The second kappa shape index (κ2) is 6.11. The summed E-state index contributed by atoms with van der Waals surface area (Å²) in [5.74, 6) is 1.98. The Morgan fingerprint density at radius 2 is 1.74 bits per heavy atom. The molecule has 0 atom stereocenters. The maximum absolute atomic E-state index is 8.97. The van der Waals surface area contributed by atoms with Gasteiger partial charge in [-0.1, -0.05) is 12.1 Å². The summed E-state index contributed by atoms with van der Waals surface area (Å²) >= 11 is 0. The van der Waals surface area contributed by atoms with Gasteiger partial charge < -0.3 is 20.3 Å². The van der Waals surface area contributed by atoms with Crippen molar-refractivity contribution >= 4 is 5.69 Å². The van der Waals surface area contributed by atoms with Crippen LogP contribution in [0.15, 0.2) is 42.5 Å². The van der Waals surface area contributed by atoms with E-state index in [9.17, 15) is 0 Å². The normalized spacial score (nSPS) is 10.2. The summed E-state index contributed by atoms with van der Waals surface area (Å²) in [6, 6.07) is 12.6. The largest absolute Gasteiger partial charge is 0.492 e. The van der Waals surface area contributed by atoms with Gasteiger partial charge in [-0.15, -0.1) is 0 Å². The first kappa shape index (κ1) is 13.2. The van der Waals surface area contributed by atoms with Crippen LogP contribution in [-0.2, 0) is 6.61 Å². The first-order chi connectivity index (χ1) is 9.22. The van der Waals surface area contributed by atoms with Crippen molar-refractivity contribution in [2.75, 3.05) is 12.3 Å². The van der Waals surface area contributed by atoms with Crippen LogP contribution in [0.1, 0.15) is 12.5 Å². The lowest BCUT2D eigenvalue weighted by atomic mass is 10.2. The summed E-state index contributed by atoms with van der Waals surface area (Å²) in [7, 11) is 0. The zero-order valence-corrected chi connectivity index (χ0v) is 10.8. The van der Waals surface area contributed by atoms with Crippen LogP contribution < -0.4 is 15.2 Å². The Bertz CT molecular complexity index is 538. The molecule has 2 aromatic rings. The van der Waals surface area contributed by atoms with Gasteiger partial charge in [0.25, 0.3) is 0 Å². The van der Waals surface area contributed by atoms with Crippen LogP contribution in [0.3, 0.4) is 0 Å². The molecule has 0 aromatic heterocycles. The van der Waals surface area contributed by atoms with Gasteiger partial charge in [0.05, 0.1) is 18.9 Å². The highest BCUT2D eigenvalue weighted by atomic mass is 16.5. The molecule has 0 bridgehead atoms. The number of aliphatic hydroxyl groups is 1. The molecule has 4 nitrogen and oxygen atoms in total. The molecular formula is C15H17NO3. The fraction of sp³-hybridized carbons (Fsp3) is 0.200. The predicted octanol–water partition coefficient (Wildman–Crippen LogP) is 2.95. The van der Waals surface area contributed by atoms with Crippen LogP contribution in [0.25, 0.3) is 0 Å². The number of rotatable bonds is 5. The van der Waals surface area contributed by atoms with E-state index in [1.54, 1.807) is 18.2 Å². The second-order valence-corrected chi connectivity index (χ2v) is 4.04. The number of ether oxygens (including phenoxy) is 2. The van der Waals surface area contributed by atoms with Crippen LogP contribution in [0.5, 0.6) is 17.2 Å². The zero-order valence-electron chi connectivity index (χ0n) is 10.8. The van der Waals surface area contributed by atoms with Crippen LogP contribution in [0.4, 0.5) is 5.69 Å². The standard InChI is InChI=1S/C15H17NO3/c1-2-18-15-9-13(7-8-14(15)16)19-12-5-3-11(10-17)4-6-12/h3-9,17H,2,10,16H2,1H3. The summed E-state index contributed by atoms with van der Waals surface area (Å²) in [6.07, 6.45) is 0. The van der Waals surface area contributed by atoms with Crippen LogP contribution >= 0.6 is 0 Å². The molecule has 0 saturated carbocycles. The number of aliphatic hydroxyl groups excluding tert-OH is 1. The monoisotopic (exact) mass is 259 g/mol. The molecule has 0 saturated heterocycles. The molecule has 100 valence electrons. The summed E-state index contributed by atoms with van der Waals surface area (Å²) in [5, 5.41) is 8.97. The Morgan fingerprint density at radius 1 is 1.05 bits per heavy atom. The van der Waals surface area contributed by atoms with Gasteiger partial charge in [0.1, 0.15) is 17.2 Å². The molecule has 0 amide bonds.